The second-order valence-corrected chi connectivity index (χ2v) is 4.38. The Balaban J connectivity index is 2.08. The van der Waals surface area contributed by atoms with Crippen LogP contribution in [0.1, 0.15) is 12.5 Å². The number of rotatable bonds is 4. The third kappa shape index (κ3) is 4.42. The van der Waals surface area contributed by atoms with E-state index in [4.69, 9.17) is 4.74 Å². The van der Waals surface area contributed by atoms with Gasteiger partial charge in [-0.25, -0.2) is 4.79 Å². The zero-order valence-electron chi connectivity index (χ0n) is 12.0. The summed E-state index contributed by atoms with van der Waals surface area (Å²) in [6, 6.07) is 14.9. The number of benzene rings is 2. The van der Waals surface area contributed by atoms with Crippen LogP contribution in [0.4, 0.5) is 21.9 Å². The van der Waals surface area contributed by atoms with Crippen molar-refractivity contribution in [1.82, 2.24) is 0 Å². The van der Waals surface area contributed by atoms with Gasteiger partial charge in [0.15, 0.2) is 0 Å². The van der Waals surface area contributed by atoms with Gasteiger partial charge in [0.2, 0.25) is 0 Å². The first-order valence-corrected chi connectivity index (χ1v) is 6.70. The number of azo groups is 1. The highest BCUT2D eigenvalue weighted by atomic mass is 16.5. The average molecular weight is 283 g/mol. The normalized spacial score (nSPS) is 10.6. The summed E-state index contributed by atoms with van der Waals surface area (Å²) in [7, 11) is 0. The Morgan fingerprint density at radius 1 is 1.10 bits per heavy atom. The summed E-state index contributed by atoms with van der Waals surface area (Å²) in [5, 5.41) is 11.0. The Morgan fingerprint density at radius 2 is 1.81 bits per heavy atom. The van der Waals surface area contributed by atoms with Crippen LogP contribution in [0.3, 0.4) is 0 Å². The minimum absolute atomic E-state index is 0.342. The summed E-state index contributed by atoms with van der Waals surface area (Å²) in [4.78, 5) is 11.4. The largest absolute Gasteiger partial charge is 0.450 e. The molecule has 0 aliphatic rings. The van der Waals surface area contributed by atoms with Crippen LogP contribution in [0.5, 0.6) is 0 Å². The topological polar surface area (TPSA) is 63.0 Å². The second-order valence-electron chi connectivity index (χ2n) is 4.38. The van der Waals surface area contributed by atoms with Crippen molar-refractivity contribution in [3.63, 3.8) is 0 Å². The van der Waals surface area contributed by atoms with Crippen LogP contribution in [0, 0.1) is 6.92 Å². The molecular formula is C16H17N3O2. The molecule has 0 atom stereocenters. The fourth-order valence-corrected chi connectivity index (χ4v) is 1.74. The summed E-state index contributed by atoms with van der Waals surface area (Å²) >= 11 is 0. The van der Waals surface area contributed by atoms with E-state index in [0.29, 0.717) is 12.3 Å². The highest BCUT2D eigenvalue weighted by Gasteiger charge is 2.05. The standard InChI is InChI=1S/C16H17N3O2/c1-3-21-16(20)17-15-10-9-14(11-12(15)2)19-18-13-7-5-4-6-8-13/h4-11H,3H2,1-2H3,(H,17,20). The molecule has 2 aromatic carbocycles. The van der Waals surface area contributed by atoms with Crippen LogP contribution < -0.4 is 5.32 Å². The average Bonchev–Trinajstić information content (AvgIpc) is 2.49. The predicted molar refractivity (Wildman–Crippen MR) is 82.4 cm³/mol. The Kier molecular flexibility index (Phi) is 5.04. The first-order chi connectivity index (χ1) is 10.2. The van der Waals surface area contributed by atoms with E-state index < -0.39 is 6.09 Å². The second kappa shape index (κ2) is 7.19. The zero-order valence-corrected chi connectivity index (χ0v) is 12.0. The number of carbonyl (C=O) groups excluding carboxylic acids is 1. The summed E-state index contributed by atoms with van der Waals surface area (Å²) in [5.74, 6) is 0. The summed E-state index contributed by atoms with van der Waals surface area (Å²) in [6.07, 6.45) is -0.459. The van der Waals surface area contributed by atoms with Gasteiger partial charge >= 0.3 is 6.09 Å². The molecule has 0 aliphatic heterocycles. The highest BCUT2D eigenvalue weighted by Crippen LogP contribution is 2.23. The molecule has 0 saturated heterocycles. The molecule has 108 valence electrons. The molecule has 1 N–H and O–H groups in total. The van der Waals surface area contributed by atoms with Crippen molar-refractivity contribution in [2.24, 2.45) is 10.2 Å². The van der Waals surface area contributed by atoms with Gasteiger partial charge in [0.05, 0.1) is 18.0 Å². The van der Waals surface area contributed by atoms with Crippen molar-refractivity contribution in [1.29, 1.82) is 0 Å². The zero-order chi connectivity index (χ0) is 15.1. The SMILES string of the molecule is CCOC(=O)Nc1ccc(N=Nc2ccccc2)cc1C. The number of aryl methyl sites for hydroxylation is 1. The van der Waals surface area contributed by atoms with E-state index in [1.54, 1.807) is 19.1 Å². The van der Waals surface area contributed by atoms with E-state index >= 15 is 0 Å². The molecule has 0 saturated carbocycles. The molecule has 0 spiro atoms. The van der Waals surface area contributed by atoms with Gasteiger partial charge in [-0.05, 0) is 49.7 Å². The highest BCUT2D eigenvalue weighted by molar-refractivity contribution is 5.85. The van der Waals surface area contributed by atoms with E-state index in [0.717, 1.165) is 16.9 Å². The minimum atomic E-state index is -0.459. The molecule has 0 aliphatic carbocycles. The fraction of sp³-hybridized carbons (Fsp3) is 0.188. The monoisotopic (exact) mass is 283 g/mol. The number of anilines is 1. The molecule has 2 rings (SSSR count). The van der Waals surface area contributed by atoms with E-state index in [2.05, 4.69) is 15.5 Å². The quantitative estimate of drug-likeness (QED) is 0.804. The maximum atomic E-state index is 11.4. The number of nitrogens with zero attached hydrogens (tertiary/aromatic N) is 2. The van der Waals surface area contributed by atoms with Gasteiger partial charge in [-0.15, -0.1) is 0 Å². The van der Waals surface area contributed by atoms with Crippen LogP contribution >= 0.6 is 0 Å². The number of ether oxygens (including phenoxy) is 1. The first-order valence-electron chi connectivity index (χ1n) is 6.70. The van der Waals surface area contributed by atoms with Crippen molar-refractivity contribution in [2.75, 3.05) is 11.9 Å². The Labute approximate surface area is 123 Å². The summed E-state index contributed by atoms with van der Waals surface area (Å²) < 4.78 is 4.84. The molecule has 0 unspecified atom stereocenters. The lowest BCUT2D eigenvalue weighted by molar-refractivity contribution is 0.168. The lowest BCUT2D eigenvalue weighted by Crippen LogP contribution is -2.13. The molecular weight excluding hydrogens is 266 g/mol. The van der Waals surface area contributed by atoms with Crippen LogP contribution in [0.15, 0.2) is 58.8 Å². The number of carbonyl (C=O) groups is 1. The molecule has 0 aromatic heterocycles. The van der Waals surface area contributed by atoms with Crippen LogP contribution in [-0.4, -0.2) is 12.7 Å². The van der Waals surface area contributed by atoms with E-state index in [-0.39, 0.29) is 0 Å². The van der Waals surface area contributed by atoms with Crippen molar-refractivity contribution in [2.45, 2.75) is 13.8 Å². The van der Waals surface area contributed by atoms with Gasteiger partial charge < -0.3 is 4.74 Å². The van der Waals surface area contributed by atoms with E-state index in [1.165, 1.54) is 0 Å². The van der Waals surface area contributed by atoms with Crippen molar-refractivity contribution in [3.05, 3.63) is 54.1 Å². The number of nitrogens with one attached hydrogen (secondary N) is 1. The summed E-state index contributed by atoms with van der Waals surface area (Å²) in [6.45, 7) is 4.00. The van der Waals surface area contributed by atoms with Crippen LogP contribution in [0.25, 0.3) is 0 Å². The van der Waals surface area contributed by atoms with Crippen LogP contribution in [0.2, 0.25) is 0 Å². The van der Waals surface area contributed by atoms with Gasteiger partial charge in [0.25, 0.3) is 0 Å². The predicted octanol–water partition coefficient (Wildman–Crippen LogP) is 4.98. The molecule has 0 fully saturated rings. The number of hydrogen-bond donors (Lipinski definition) is 1. The Morgan fingerprint density at radius 3 is 2.48 bits per heavy atom. The van der Waals surface area contributed by atoms with Gasteiger partial charge in [0.1, 0.15) is 0 Å². The van der Waals surface area contributed by atoms with Crippen molar-refractivity contribution >= 4 is 23.2 Å². The fourth-order valence-electron chi connectivity index (χ4n) is 1.74. The third-order valence-corrected chi connectivity index (χ3v) is 2.76. The minimum Gasteiger partial charge on any atom is -0.450 e. The molecule has 2 aromatic rings. The van der Waals surface area contributed by atoms with Gasteiger partial charge in [-0.3, -0.25) is 5.32 Å². The summed E-state index contributed by atoms with van der Waals surface area (Å²) in [5.41, 5.74) is 3.12. The van der Waals surface area contributed by atoms with Crippen LogP contribution in [-0.2, 0) is 4.74 Å². The molecule has 21 heavy (non-hydrogen) atoms. The molecule has 1 amide bonds. The number of amides is 1. The number of hydrogen-bond acceptors (Lipinski definition) is 4. The van der Waals surface area contributed by atoms with Gasteiger partial charge in [-0.1, -0.05) is 18.2 Å². The van der Waals surface area contributed by atoms with Crippen molar-refractivity contribution in [3.8, 4) is 0 Å². The van der Waals surface area contributed by atoms with Gasteiger partial charge in [-0.2, -0.15) is 10.2 Å². The molecule has 5 heteroatoms. The maximum absolute atomic E-state index is 11.4. The Bertz CT molecular complexity index is 639. The molecule has 5 nitrogen and oxygen atoms in total. The lowest BCUT2D eigenvalue weighted by Gasteiger charge is -2.08. The molecule has 0 bridgehead atoms. The van der Waals surface area contributed by atoms with E-state index in [1.807, 2.05) is 43.3 Å². The Hall–Kier alpha value is -2.69. The smallest absolute Gasteiger partial charge is 0.411 e. The van der Waals surface area contributed by atoms with Crippen molar-refractivity contribution < 1.29 is 9.53 Å². The maximum Gasteiger partial charge on any atom is 0.411 e. The molecule has 0 radical (unpaired) electrons. The lowest BCUT2D eigenvalue weighted by atomic mass is 10.2. The van der Waals surface area contributed by atoms with Gasteiger partial charge in [0, 0.05) is 5.69 Å². The third-order valence-electron chi connectivity index (χ3n) is 2.76. The molecule has 0 heterocycles. The van der Waals surface area contributed by atoms with E-state index in [9.17, 15) is 4.79 Å². The first kappa shape index (κ1) is 14.7.